The fraction of sp³-hybridized carbons (Fsp3) is 0.536. The fourth-order valence-corrected chi connectivity index (χ4v) is 4.99. The molecule has 1 aromatic rings. The van der Waals surface area contributed by atoms with Crippen molar-refractivity contribution in [3.63, 3.8) is 0 Å². The highest BCUT2D eigenvalue weighted by Crippen LogP contribution is 2.37. The van der Waals surface area contributed by atoms with Gasteiger partial charge in [0, 0.05) is 43.7 Å². The summed E-state index contributed by atoms with van der Waals surface area (Å²) in [5.41, 5.74) is 0.718. The van der Waals surface area contributed by atoms with Crippen LogP contribution in [0.15, 0.2) is 36.4 Å². The summed E-state index contributed by atoms with van der Waals surface area (Å²) in [5.74, 6) is -0.00621. The second-order valence-corrected chi connectivity index (χ2v) is 10.5. The topological polar surface area (TPSA) is 135 Å². The largest absolute Gasteiger partial charge is 0.493 e. The van der Waals surface area contributed by atoms with Gasteiger partial charge < -0.3 is 34.6 Å². The van der Waals surface area contributed by atoms with Crippen molar-refractivity contribution in [2.45, 2.75) is 63.9 Å². The molecule has 1 aromatic carbocycles. The first-order valence-corrected chi connectivity index (χ1v) is 14.0. The Labute approximate surface area is 243 Å². The smallest absolute Gasteiger partial charge is 0.247 e. The molecular formula is C28H39IN2O8. The summed E-state index contributed by atoms with van der Waals surface area (Å²) in [6.45, 7) is 8.13. The number of hydrogen-bond acceptors (Lipinski definition) is 8. The maximum Gasteiger partial charge on any atom is 0.247 e. The third-order valence-electron chi connectivity index (χ3n) is 6.13. The van der Waals surface area contributed by atoms with Gasteiger partial charge in [-0.1, -0.05) is 6.08 Å². The van der Waals surface area contributed by atoms with E-state index in [2.05, 4.69) is 11.9 Å². The van der Waals surface area contributed by atoms with E-state index >= 15 is 0 Å². The van der Waals surface area contributed by atoms with Gasteiger partial charge in [-0.3, -0.25) is 14.4 Å². The van der Waals surface area contributed by atoms with Crippen LogP contribution in [0, 0.1) is 3.57 Å². The molecule has 3 atom stereocenters. The summed E-state index contributed by atoms with van der Waals surface area (Å²) in [6.07, 6.45) is 3.06. The number of halogens is 1. The molecule has 0 aliphatic heterocycles. The van der Waals surface area contributed by atoms with Gasteiger partial charge in [0.2, 0.25) is 11.8 Å². The number of nitrogens with zero attached hydrogens (tertiary/aromatic N) is 1. The van der Waals surface area contributed by atoms with E-state index in [0.717, 1.165) is 0 Å². The van der Waals surface area contributed by atoms with E-state index in [4.69, 9.17) is 14.2 Å². The molecule has 11 heteroatoms. The van der Waals surface area contributed by atoms with Crippen LogP contribution >= 0.6 is 22.6 Å². The van der Waals surface area contributed by atoms with Crippen LogP contribution < -0.4 is 14.8 Å². The van der Waals surface area contributed by atoms with E-state index in [9.17, 15) is 24.6 Å². The molecule has 0 heterocycles. The van der Waals surface area contributed by atoms with Crippen molar-refractivity contribution in [3.05, 3.63) is 45.6 Å². The van der Waals surface area contributed by atoms with Crippen LogP contribution in [0.1, 0.15) is 49.9 Å². The number of hydrogen-bond donors (Lipinski definition) is 3. The average Bonchev–Trinajstić information content (AvgIpc) is 2.92. The number of methoxy groups -OCH3 is 1. The molecule has 0 saturated heterocycles. The Balaban J connectivity index is 2.46. The second-order valence-electron chi connectivity index (χ2n) is 9.36. The molecule has 0 radical (unpaired) electrons. The van der Waals surface area contributed by atoms with Gasteiger partial charge in [0.25, 0.3) is 0 Å². The summed E-state index contributed by atoms with van der Waals surface area (Å²) in [5, 5.41) is 23.3. The highest BCUT2D eigenvalue weighted by atomic mass is 127. The van der Waals surface area contributed by atoms with Gasteiger partial charge in [0.1, 0.15) is 18.5 Å². The number of benzene rings is 1. The van der Waals surface area contributed by atoms with Gasteiger partial charge in [-0.15, -0.1) is 6.58 Å². The Morgan fingerprint density at radius 3 is 2.69 bits per heavy atom. The molecule has 216 valence electrons. The average molecular weight is 659 g/mol. The van der Waals surface area contributed by atoms with E-state index in [1.807, 2.05) is 36.4 Å². The van der Waals surface area contributed by atoms with Crippen LogP contribution in [0.25, 0.3) is 0 Å². The first kappa shape index (κ1) is 32.7. The number of rotatable bonds is 16. The molecule has 0 spiro atoms. The van der Waals surface area contributed by atoms with Crippen molar-refractivity contribution < 1.29 is 38.8 Å². The number of ether oxygens (including phenoxy) is 3. The van der Waals surface area contributed by atoms with Crippen LogP contribution in [-0.2, 0) is 14.3 Å². The van der Waals surface area contributed by atoms with Crippen molar-refractivity contribution in [3.8, 4) is 11.5 Å². The minimum absolute atomic E-state index is 0.0424. The van der Waals surface area contributed by atoms with Gasteiger partial charge in [0.05, 0.1) is 29.4 Å². The van der Waals surface area contributed by atoms with Crippen LogP contribution in [0.5, 0.6) is 11.5 Å². The van der Waals surface area contributed by atoms with E-state index in [1.165, 1.54) is 19.3 Å². The highest BCUT2D eigenvalue weighted by molar-refractivity contribution is 14.1. The SMILES string of the molecule is C=CCCC(=O)N(CCCOC(C)C)C1CC(C(=O)NCCO)=CC(Oc2c(I)cc(C=O)cc2OC)C1O. The van der Waals surface area contributed by atoms with E-state index in [1.54, 1.807) is 17.0 Å². The Morgan fingerprint density at radius 2 is 2.08 bits per heavy atom. The predicted octanol–water partition coefficient (Wildman–Crippen LogP) is 2.64. The molecule has 2 rings (SSSR count). The molecule has 3 unspecified atom stereocenters. The minimum atomic E-state index is -1.18. The number of carbonyl (C=O) groups excluding carboxylic acids is 3. The molecule has 39 heavy (non-hydrogen) atoms. The monoisotopic (exact) mass is 658 g/mol. The van der Waals surface area contributed by atoms with Crippen molar-refractivity contribution in [1.29, 1.82) is 0 Å². The molecule has 0 fully saturated rings. The number of aliphatic hydroxyl groups excluding tert-OH is 2. The molecule has 0 aromatic heterocycles. The molecule has 1 aliphatic rings. The van der Waals surface area contributed by atoms with Crippen molar-refractivity contribution in [2.75, 3.05) is 33.4 Å². The number of nitrogens with one attached hydrogen (secondary N) is 1. The molecule has 0 saturated carbocycles. The van der Waals surface area contributed by atoms with Gasteiger partial charge in [-0.05, 0) is 67.5 Å². The molecule has 3 N–H and O–H groups in total. The lowest BCUT2D eigenvalue weighted by atomic mass is 9.87. The lowest BCUT2D eigenvalue weighted by Gasteiger charge is -2.40. The van der Waals surface area contributed by atoms with E-state index < -0.39 is 24.2 Å². The first-order chi connectivity index (χ1) is 18.7. The lowest BCUT2D eigenvalue weighted by molar-refractivity contribution is -0.138. The number of allylic oxidation sites excluding steroid dienone is 1. The summed E-state index contributed by atoms with van der Waals surface area (Å²) >= 11 is 2.01. The van der Waals surface area contributed by atoms with Gasteiger partial charge in [-0.25, -0.2) is 0 Å². The first-order valence-electron chi connectivity index (χ1n) is 13.0. The van der Waals surface area contributed by atoms with Gasteiger partial charge in [-0.2, -0.15) is 0 Å². The normalized spacial score (nSPS) is 18.7. The molecule has 2 amide bonds. The number of carbonyl (C=O) groups is 3. The van der Waals surface area contributed by atoms with Gasteiger partial charge >= 0.3 is 0 Å². The highest BCUT2D eigenvalue weighted by Gasteiger charge is 2.40. The zero-order valence-corrected chi connectivity index (χ0v) is 24.9. The third kappa shape index (κ3) is 9.59. The van der Waals surface area contributed by atoms with Crippen LogP contribution in [0.4, 0.5) is 0 Å². The van der Waals surface area contributed by atoms with Crippen LogP contribution in [0.2, 0.25) is 0 Å². The molecular weight excluding hydrogens is 619 g/mol. The van der Waals surface area contributed by atoms with Crippen molar-refractivity contribution >= 4 is 40.7 Å². The molecule has 1 aliphatic carbocycles. The number of aliphatic hydroxyl groups is 2. The maximum absolute atomic E-state index is 13.3. The maximum atomic E-state index is 13.3. The number of aldehydes is 1. The predicted molar refractivity (Wildman–Crippen MR) is 155 cm³/mol. The standard InChI is InChI=1S/C28H39IN2O8/c1-5-6-8-25(34)31(10-7-12-38-18(2)3)22-15-20(28(36)30-9-11-32)16-23(26(22)35)39-27-21(29)13-19(17-33)14-24(27)37-4/h5,13-14,16-18,22-23,26,32,35H,1,6-12,15H2,2-4H3,(H,30,36). The third-order valence-corrected chi connectivity index (χ3v) is 6.93. The lowest BCUT2D eigenvalue weighted by Crippen LogP contribution is -2.55. The van der Waals surface area contributed by atoms with Crippen LogP contribution in [-0.4, -0.2) is 91.0 Å². The van der Waals surface area contributed by atoms with Crippen LogP contribution in [0.3, 0.4) is 0 Å². The second kappa shape index (κ2) is 16.6. The van der Waals surface area contributed by atoms with E-state index in [-0.39, 0.29) is 38.0 Å². The Kier molecular flexibility index (Phi) is 13.9. The fourth-order valence-electron chi connectivity index (χ4n) is 4.24. The van der Waals surface area contributed by atoms with Crippen molar-refractivity contribution in [2.24, 2.45) is 0 Å². The Morgan fingerprint density at radius 1 is 1.33 bits per heavy atom. The van der Waals surface area contributed by atoms with Gasteiger partial charge in [0.15, 0.2) is 11.5 Å². The molecule has 10 nitrogen and oxygen atoms in total. The minimum Gasteiger partial charge on any atom is -0.493 e. The summed E-state index contributed by atoms with van der Waals surface area (Å²) < 4.78 is 17.9. The van der Waals surface area contributed by atoms with E-state index in [0.29, 0.717) is 58.5 Å². The zero-order chi connectivity index (χ0) is 28.9. The summed E-state index contributed by atoms with van der Waals surface area (Å²) in [4.78, 5) is 39.2. The summed E-state index contributed by atoms with van der Waals surface area (Å²) in [7, 11) is 1.44. The Bertz CT molecular complexity index is 1030. The Hall–Kier alpha value is -2.48. The number of amides is 2. The zero-order valence-electron chi connectivity index (χ0n) is 22.7. The molecule has 0 bridgehead atoms. The van der Waals surface area contributed by atoms with Crippen molar-refractivity contribution in [1.82, 2.24) is 10.2 Å². The quantitative estimate of drug-likeness (QED) is 0.107. The summed E-state index contributed by atoms with van der Waals surface area (Å²) in [6, 6.07) is 2.38.